The predicted molar refractivity (Wildman–Crippen MR) is 183 cm³/mol. The van der Waals surface area contributed by atoms with Crippen LogP contribution in [-0.4, -0.2) is 80.3 Å². The lowest BCUT2D eigenvalue weighted by Crippen LogP contribution is -2.53. The Morgan fingerprint density at radius 1 is 1.04 bits per heavy atom. The lowest BCUT2D eigenvalue weighted by molar-refractivity contribution is 0.0227. The van der Waals surface area contributed by atoms with E-state index in [1.807, 2.05) is 24.6 Å². The number of nitrogens with one attached hydrogen (secondary N) is 1. The van der Waals surface area contributed by atoms with Crippen molar-refractivity contribution in [1.29, 1.82) is 0 Å². The predicted octanol–water partition coefficient (Wildman–Crippen LogP) is 4.40. The number of carbonyl (C=O) groups is 2. The molecule has 2 aliphatic heterocycles. The molecule has 1 fully saturated rings. The molecule has 7 rings (SSSR count). The van der Waals surface area contributed by atoms with Crippen LogP contribution in [0, 0.1) is 0 Å². The number of rotatable bonds is 4. The molecule has 0 spiro atoms. The molecule has 2 aliphatic rings. The van der Waals surface area contributed by atoms with E-state index in [0.29, 0.717) is 48.5 Å². The summed E-state index contributed by atoms with van der Waals surface area (Å²) in [4.78, 5) is 42.7. The number of amides is 2. The fourth-order valence-electron chi connectivity index (χ4n) is 7.23. The summed E-state index contributed by atoms with van der Waals surface area (Å²) < 4.78 is 15.7. The van der Waals surface area contributed by atoms with Gasteiger partial charge in [-0.2, -0.15) is 0 Å². The Hall–Kier alpha value is -4.81. The number of hydrogen-bond donors (Lipinski definition) is 2. The molecule has 12 nitrogen and oxygen atoms in total. The molecule has 0 aliphatic carbocycles. The minimum atomic E-state index is -0.242. The van der Waals surface area contributed by atoms with Gasteiger partial charge in [-0.15, -0.1) is 0 Å². The zero-order valence-corrected chi connectivity index (χ0v) is 27.9. The Labute approximate surface area is 279 Å². The maximum absolute atomic E-state index is 13.7. The van der Waals surface area contributed by atoms with E-state index in [-0.39, 0.29) is 30.0 Å². The van der Waals surface area contributed by atoms with Crippen LogP contribution in [0.2, 0.25) is 0 Å². The van der Waals surface area contributed by atoms with Crippen molar-refractivity contribution < 1.29 is 19.1 Å². The summed E-state index contributed by atoms with van der Waals surface area (Å²) in [7, 11) is 5.26. The number of fused-ring (bicyclic) bond motifs is 3. The van der Waals surface area contributed by atoms with Gasteiger partial charge in [0.05, 0.1) is 36.2 Å². The number of nitrogens with zero attached hydrogens (tertiary/aromatic N) is 6. The first kappa shape index (κ1) is 31.8. The number of methoxy groups -OCH3 is 2. The number of carbonyl (C=O) groups excluding carboxylic acids is 2. The SMILES string of the molecule is COc1cc(C(=O)N2CC[C@@H](OC)[C@@H](N)C2)cc2nc(-c3cc4ccc5cc4n3CCCCCc3nccnc3C(=O)N[C@@H]5C)n(C)c12. The van der Waals surface area contributed by atoms with Gasteiger partial charge in [-0.3, -0.25) is 14.6 Å². The first-order chi connectivity index (χ1) is 23.3. The Morgan fingerprint density at radius 3 is 2.67 bits per heavy atom. The fourth-order valence-corrected chi connectivity index (χ4v) is 7.23. The second-order valence-electron chi connectivity index (χ2n) is 12.9. The average molecular weight is 651 g/mol. The van der Waals surface area contributed by atoms with Gasteiger partial charge in [-0.1, -0.05) is 18.6 Å². The number of nitrogens with two attached hydrogens (primary N) is 1. The monoisotopic (exact) mass is 650 g/mol. The number of ether oxygens (including phenoxy) is 2. The minimum absolute atomic E-state index is 0.0583. The summed E-state index contributed by atoms with van der Waals surface area (Å²) in [5, 5.41) is 4.21. The normalized spacial score (nSPS) is 20.5. The second kappa shape index (κ2) is 13.0. The lowest BCUT2D eigenvalue weighted by atomic mass is 10.0. The maximum atomic E-state index is 13.7. The highest BCUT2D eigenvalue weighted by molar-refractivity contribution is 6.00. The third-order valence-electron chi connectivity index (χ3n) is 9.87. The fraction of sp³-hybridized carbons (Fsp3) is 0.417. The highest BCUT2D eigenvalue weighted by Crippen LogP contribution is 2.36. The summed E-state index contributed by atoms with van der Waals surface area (Å²) >= 11 is 0. The maximum Gasteiger partial charge on any atom is 0.272 e. The van der Waals surface area contributed by atoms with E-state index < -0.39 is 0 Å². The van der Waals surface area contributed by atoms with Gasteiger partial charge < -0.3 is 34.6 Å². The summed E-state index contributed by atoms with van der Waals surface area (Å²) in [6.07, 6.45) is 7.33. The van der Waals surface area contributed by atoms with E-state index in [4.69, 9.17) is 20.2 Å². The van der Waals surface area contributed by atoms with Crippen LogP contribution in [0.5, 0.6) is 5.75 Å². The summed E-state index contributed by atoms with van der Waals surface area (Å²) in [5.74, 6) is 1.05. The van der Waals surface area contributed by atoms with Crippen molar-refractivity contribution in [2.75, 3.05) is 27.3 Å². The molecular formula is C36H42N8O4. The van der Waals surface area contributed by atoms with Gasteiger partial charge in [-0.05, 0) is 62.4 Å². The Morgan fingerprint density at radius 2 is 1.88 bits per heavy atom. The third kappa shape index (κ3) is 5.68. The molecule has 1 saturated heterocycles. The number of piperidine rings is 1. The number of aromatic nitrogens is 5. The number of imidazole rings is 1. The van der Waals surface area contributed by atoms with Gasteiger partial charge >= 0.3 is 0 Å². The molecule has 2 amide bonds. The number of hydrogen-bond acceptors (Lipinski definition) is 8. The van der Waals surface area contributed by atoms with E-state index >= 15 is 0 Å². The molecule has 3 N–H and O–H groups in total. The van der Waals surface area contributed by atoms with Crippen molar-refractivity contribution in [2.45, 2.75) is 63.8 Å². The van der Waals surface area contributed by atoms with Crippen LogP contribution < -0.4 is 15.8 Å². The zero-order chi connectivity index (χ0) is 33.5. The Kier molecular flexibility index (Phi) is 8.61. The van der Waals surface area contributed by atoms with Gasteiger partial charge in [0, 0.05) is 68.7 Å². The van der Waals surface area contributed by atoms with Gasteiger partial charge in [0.25, 0.3) is 11.8 Å². The van der Waals surface area contributed by atoms with Crippen LogP contribution in [-0.2, 0) is 24.8 Å². The first-order valence-corrected chi connectivity index (χ1v) is 16.6. The minimum Gasteiger partial charge on any atom is -0.494 e. The molecule has 3 atom stereocenters. The van der Waals surface area contributed by atoms with Gasteiger partial charge in [-0.25, -0.2) is 9.97 Å². The average Bonchev–Trinajstić information content (AvgIpc) is 3.63. The van der Waals surface area contributed by atoms with Crippen molar-refractivity contribution in [2.24, 2.45) is 12.8 Å². The molecule has 2 aromatic carbocycles. The Bertz CT molecular complexity index is 2020. The van der Waals surface area contributed by atoms with Gasteiger partial charge in [0.2, 0.25) is 0 Å². The molecule has 5 aromatic rings. The van der Waals surface area contributed by atoms with Crippen LogP contribution in [0.4, 0.5) is 0 Å². The largest absolute Gasteiger partial charge is 0.494 e. The number of aryl methyl sites for hydroxylation is 3. The molecule has 5 heterocycles. The highest BCUT2D eigenvalue weighted by atomic mass is 16.5. The molecular weight excluding hydrogens is 608 g/mol. The quantitative estimate of drug-likeness (QED) is 0.292. The van der Waals surface area contributed by atoms with Crippen molar-refractivity contribution in [1.82, 2.24) is 34.3 Å². The molecule has 48 heavy (non-hydrogen) atoms. The molecule has 0 radical (unpaired) electrons. The zero-order valence-electron chi connectivity index (χ0n) is 27.9. The van der Waals surface area contributed by atoms with E-state index in [9.17, 15) is 9.59 Å². The molecule has 3 aromatic heterocycles. The smallest absolute Gasteiger partial charge is 0.272 e. The molecule has 2 bridgehead atoms. The van der Waals surface area contributed by atoms with E-state index in [1.165, 1.54) is 0 Å². The van der Waals surface area contributed by atoms with E-state index in [0.717, 1.165) is 65.0 Å². The summed E-state index contributed by atoms with van der Waals surface area (Å²) in [6.45, 7) is 3.77. The molecule has 0 unspecified atom stereocenters. The van der Waals surface area contributed by atoms with Crippen molar-refractivity contribution >= 4 is 33.8 Å². The number of likely N-dealkylation sites (tertiary alicyclic amines) is 1. The topological polar surface area (TPSA) is 142 Å². The summed E-state index contributed by atoms with van der Waals surface area (Å²) in [5.41, 5.74) is 12.5. The molecule has 0 saturated carbocycles. The molecule has 12 heteroatoms. The first-order valence-electron chi connectivity index (χ1n) is 16.6. The Balaban J connectivity index is 1.27. The second-order valence-corrected chi connectivity index (χ2v) is 12.9. The van der Waals surface area contributed by atoms with Crippen LogP contribution in [0.25, 0.3) is 33.5 Å². The van der Waals surface area contributed by atoms with Gasteiger partial charge in [0.1, 0.15) is 17.0 Å². The molecule has 250 valence electrons. The van der Waals surface area contributed by atoms with Crippen molar-refractivity contribution in [3.05, 3.63) is 71.3 Å². The van der Waals surface area contributed by atoms with Crippen molar-refractivity contribution in [3.8, 4) is 17.3 Å². The number of benzene rings is 2. The van der Waals surface area contributed by atoms with Crippen molar-refractivity contribution in [3.63, 3.8) is 0 Å². The summed E-state index contributed by atoms with van der Waals surface area (Å²) in [6, 6.07) is 11.7. The van der Waals surface area contributed by atoms with Gasteiger partial charge in [0.15, 0.2) is 5.82 Å². The van der Waals surface area contributed by atoms with Crippen LogP contribution >= 0.6 is 0 Å². The van der Waals surface area contributed by atoms with Crippen LogP contribution in [0.1, 0.15) is 70.8 Å². The van der Waals surface area contributed by atoms with E-state index in [1.54, 1.807) is 37.6 Å². The lowest BCUT2D eigenvalue weighted by Gasteiger charge is -2.36. The standard InChI is InChI=1S/C36H42N8O4/c1-21-22-9-10-23-18-29(44(28(23)17-22)14-7-5-6-8-26-32(35(45)40-21)39-13-12-38-26)34-41-27-16-24(19-31(48-4)33(27)42(34)2)36(46)43-15-11-30(47-3)25(37)20-43/h9-10,12-13,16-19,21,25,30H,5-8,11,14-15,20,37H2,1-4H3,(H,40,45)/t21-,25+,30-/m1/s1. The van der Waals surface area contributed by atoms with Crippen LogP contribution in [0.3, 0.4) is 0 Å². The highest BCUT2D eigenvalue weighted by Gasteiger charge is 2.31. The van der Waals surface area contributed by atoms with Crippen LogP contribution in [0.15, 0.2) is 48.8 Å². The third-order valence-corrected chi connectivity index (χ3v) is 9.87. The van der Waals surface area contributed by atoms with E-state index in [2.05, 4.69) is 44.1 Å².